The second-order valence-electron chi connectivity index (χ2n) is 2.81. The van der Waals surface area contributed by atoms with E-state index in [9.17, 15) is 4.79 Å². The highest BCUT2D eigenvalue weighted by Crippen LogP contribution is 2.19. The SMILES string of the molecule is Nc1c(NC=O)cnn1-c1ccccn1. The lowest BCUT2D eigenvalue weighted by Crippen LogP contribution is -2.05. The van der Waals surface area contributed by atoms with Crippen LogP contribution in [0.5, 0.6) is 0 Å². The average Bonchev–Trinajstić information content (AvgIpc) is 2.63. The van der Waals surface area contributed by atoms with Crippen molar-refractivity contribution in [3.05, 3.63) is 30.6 Å². The molecule has 2 rings (SSSR count). The van der Waals surface area contributed by atoms with E-state index in [0.29, 0.717) is 23.7 Å². The molecule has 0 saturated heterocycles. The number of aromatic nitrogens is 3. The lowest BCUT2D eigenvalue weighted by atomic mass is 10.4. The maximum absolute atomic E-state index is 10.3. The first-order valence-corrected chi connectivity index (χ1v) is 4.28. The molecule has 15 heavy (non-hydrogen) atoms. The smallest absolute Gasteiger partial charge is 0.211 e. The van der Waals surface area contributed by atoms with Gasteiger partial charge in [-0.15, -0.1) is 0 Å². The Morgan fingerprint density at radius 2 is 2.33 bits per heavy atom. The molecule has 2 aromatic rings. The molecule has 6 nitrogen and oxygen atoms in total. The van der Waals surface area contributed by atoms with Gasteiger partial charge in [-0.2, -0.15) is 9.78 Å². The molecule has 0 aliphatic rings. The molecule has 0 bridgehead atoms. The van der Waals surface area contributed by atoms with Crippen molar-refractivity contribution in [3.63, 3.8) is 0 Å². The van der Waals surface area contributed by atoms with Crippen LogP contribution >= 0.6 is 0 Å². The zero-order valence-corrected chi connectivity index (χ0v) is 7.79. The van der Waals surface area contributed by atoms with Gasteiger partial charge in [-0.3, -0.25) is 4.79 Å². The third kappa shape index (κ3) is 1.64. The topological polar surface area (TPSA) is 85.8 Å². The first-order valence-electron chi connectivity index (χ1n) is 4.28. The minimum atomic E-state index is 0.348. The fourth-order valence-electron chi connectivity index (χ4n) is 1.19. The van der Waals surface area contributed by atoms with E-state index in [-0.39, 0.29) is 0 Å². The van der Waals surface area contributed by atoms with E-state index in [1.165, 1.54) is 10.9 Å². The van der Waals surface area contributed by atoms with Gasteiger partial charge in [-0.05, 0) is 12.1 Å². The van der Waals surface area contributed by atoms with Crippen LogP contribution < -0.4 is 11.1 Å². The summed E-state index contributed by atoms with van der Waals surface area (Å²) in [6.07, 6.45) is 3.66. The molecule has 76 valence electrons. The third-order valence-corrected chi connectivity index (χ3v) is 1.89. The van der Waals surface area contributed by atoms with Crippen molar-refractivity contribution in [2.24, 2.45) is 0 Å². The van der Waals surface area contributed by atoms with Crippen molar-refractivity contribution in [1.29, 1.82) is 0 Å². The zero-order valence-electron chi connectivity index (χ0n) is 7.79. The Kier molecular flexibility index (Phi) is 2.32. The Morgan fingerprint density at radius 3 is 3.00 bits per heavy atom. The van der Waals surface area contributed by atoms with Gasteiger partial charge in [-0.25, -0.2) is 4.98 Å². The molecule has 3 N–H and O–H groups in total. The fourth-order valence-corrected chi connectivity index (χ4v) is 1.19. The Hall–Kier alpha value is -2.37. The normalized spacial score (nSPS) is 9.87. The average molecular weight is 203 g/mol. The van der Waals surface area contributed by atoms with Gasteiger partial charge in [-0.1, -0.05) is 6.07 Å². The lowest BCUT2D eigenvalue weighted by molar-refractivity contribution is -0.105. The van der Waals surface area contributed by atoms with Crippen LogP contribution in [0.15, 0.2) is 30.6 Å². The molecule has 6 heteroatoms. The van der Waals surface area contributed by atoms with Gasteiger partial charge >= 0.3 is 0 Å². The van der Waals surface area contributed by atoms with Crippen LogP contribution in [0.4, 0.5) is 11.5 Å². The van der Waals surface area contributed by atoms with Crippen molar-refractivity contribution in [3.8, 4) is 5.82 Å². The largest absolute Gasteiger partial charge is 0.382 e. The summed E-state index contributed by atoms with van der Waals surface area (Å²) >= 11 is 0. The number of pyridine rings is 1. The van der Waals surface area contributed by atoms with Crippen LogP contribution in [0.2, 0.25) is 0 Å². The summed E-state index contributed by atoms with van der Waals surface area (Å²) in [7, 11) is 0. The van der Waals surface area contributed by atoms with E-state index in [4.69, 9.17) is 5.73 Å². The van der Waals surface area contributed by atoms with Crippen molar-refractivity contribution in [2.45, 2.75) is 0 Å². The highest BCUT2D eigenvalue weighted by atomic mass is 16.1. The summed E-state index contributed by atoms with van der Waals surface area (Å²) in [6.45, 7) is 0. The number of nitrogens with two attached hydrogens (primary N) is 1. The van der Waals surface area contributed by atoms with Crippen molar-refractivity contribution in [2.75, 3.05) is 11.1 Å². The minimum absolute atomic E-state index is 0.348. The molecule has 0 saturated carbocycles. The number of hydrogen-bond acceptors (Lipinski definition) is 4. The van der Waals surface area contributed by atoms with Gasteiger partial charge in [0.25, 0.3) is 0 Å². The predicted molar refractivity (Wildman–Crippen MR) is 55.5 cm³/mol. The monoisotopic (exact) mass is 203 g/mol. The minimum Gasteiger partial charge on any atom is -0.382 e. The maximum atomic E-state index is 10.3. The van der Waals surface area contributed by atoms with E-state index in [1.54, 1.807) is 18.3 Å². The van der Waals surface area contributed by atoms with Crippen molar-refractivity contribution < 1.29 is 4.79 Å². The molecule has 1 amide bonds. The quantitative estimate of drug-likeness (QED) is 0.708. The Balaban J connectivity index is 2.42. The standard InChI is InChI=1S/C9H9N5O/c10-9-7(12-6-15)5-13-14(9)8-3-1-2-4-11-8/h1-6H,10H2,(H,12,15). The summed E-state index contributed by atoms with van der Waals surface area (Å²) in [5, 5.41) is 6.46. The molecule has 0 radical (unpaired) electrons. The second-order valence-corrected chi connectivity index (χ2v) is 2.81. The van der Waals surface area contributed by atoms with Crippen LogP contribution in [0.3, 0.4) is 0 Å². The number of nitrogens with one attached hydrogen (secondary N) is 1. The van der Waals surface area contributed by atoms with Gasteiger partial charge in [0.05, 0.1) is 6.20 Å². The molecular weight excluding hydrogens is 194 g/mol. The molecule has 0 spiro atoms. The summed E-state index contributed by atoms with van der Waals surface area (Å²) in [5.41, 5.74) is 6.23. The number of rotatable bonds is 3. The number of hydrogen-bond donors (Lipinski definition) is 2. The van der Waals surface area contributed by atoms with E-state index < -0.39 is 0 Å². The highest BCUT2D eigenvalue weighted by molar-refractivity contribution is 5.78. The first kappa shape index (κ1) is 9.20. The number of nitrogen functional groups attached to an aromatic ring is 1. The van der Waals surface area contributed by atoms with Gasteiger partial charge < -0.3 is 11.1 Å². The molecule has 0 aliphatic carbocycles. The third-order valence-electron chi connectivity index (χ3n) is 1.89. The van der Waals surface area contributed by atoms with Crippen molar-refractivity contribution >= 4 is 17.9 Å². The molecule has 0 aromatic carbocycles. The molecule has 0 atom stereocenters. The van der Waals surface area contributed by atoms with Crippen molar-refractivity contribution in [1.82, 2.24) is 14.8 Å². The van der Waals surface area contributed by atoms with Gasteiger partial charge in [0, 0.05) is 6.20 Å². The summed E-state index contributed by atoms with van der Waals surface area (Å²) in [4.78, 5) is 14.3. The Labute approximate surface area is 85.7 Å². The van der Waals surface area contributed by atoms with E-state index in [0.717, 1.165) is 0 Å². The Bertz CT molecular complexity index is 465. The van der Waals surface area contributed by atoms with Crippen LogP contribution in [-0.4, -0.2) is 21.2 Å². The number of carbonyl (C=O) groups is 1. The number of nitrogens with zero attached hydrogens (tertiary/aromatic N) is 3. The number of amides is 1. The van der Waals surface area contributed by atoms with E-state index in [1.807, 2.05) is 6.07 Å². The first-order chi connectivity index (χ1) is 7.33. The maximum Gasteiger partial charge on any atom is 0.211 e. The van der Waals surface area contributed by atoms with Gasteiger partial charge in [0.1, 0.15) is 5.69 Å². The van der Waals surface area contributed by atoms with Crippen LogP contribution in [0, 0.1) is 0 Å². The molecular formula is C9H9N5O. The number of carbonyl (C=O) groups excluding carboxylic acids is 1. The fraction of sp³-hybridized carbons (Fsp3) is 0. The van der Waals surface area contributed by atoms with E-state index in [2.05, 4.69) is 15.4 Å². The predicted octanol–water partition coefficient (Wildman–Crippen LogP) is 0.418. The molecule has 2 aromatic heterocycles. The van der Waals surface area contributed by atoms with Crippen LogP contribution in [0.1, 0.15) is 0 Å². The molecule has 0 unspecified atom stereocenters. The van der Waals surface area contributed by atoms with Gasteiger partial charge in [0.2, 0.25) is 6.41 Å². The second kappa shape index (κ2) is 3.79. The summed E-state index contributed by atoms with van der Waals surface area (Å²) < 4.78 is 1.45. The van der Waals surface area contributed by atoms with Crippen LogP contribution in [-0.2, 0) is 4.79 Å². The summed E-state index contributed by atoms with van der Waals surface area (Å²) in [5.74, 6) is 0.953. The Morgan fingerprint density at radius 1 is 1.47 bits per heavy atom. The molecule has 0 fully saturated rings. The highest BCUT2D eigenvalue weighted by Gasteiger charge is 2.08. The van der Waals surface area contributed by atoms with Gasteiger partial charge in [0.15, 0.2) is 11.6 Å². The lowest BCUT2D eigenvalue weighted by Gasteiger charge is -2.02. The van der Waals surface area contributed by atoms with Crippen LogP contribution in [0.25, 0.3) is 5.82 Å². The summed E-state index contributed by atoms with van der Waals surface area (Å²) in [6, 6.07) is 5.40. The van der Waals surface area contributed by atoms with E-state index >= 15 is 0 Å². The zero-order chi connectivity index (χ0) is 10.7. The molecule has 2 heterocycles. The molecule has 0 aliphatic heterocycles. The number of anilines is 2.